The molecule has 1 aliphatic heterocycles. The zero-order chi connectivity index (χ0) is 18.9. The van der Waals surface area contributed by atoms with Crippen molar-refractivity contribution in [3.63, 3.8) is 0 Å². The summed E-state index contributed by atoms with van der Waals surface area (Å²) in [4.78, 5) is 27.4. The second-order valence-electron chi connectivity index (χ2n) is 7.08. The number of halogens is 3. The van der Waals surface area contributed by atoms with Crippen LogP contribution in [0.3, 0.4) is 0 Å². The van der Waals surface area contributed by atoms with Crippen molar-refractivity contribution < 1.29 is 22.8 Å². The van der Waals surface area contributed by atoms with Gasteiger partial charge in [-0.1, -0.05) is 12.1 Å². The van der Waals surface area contributed by atoms with Gasteiger partial charge in [0.05, 0.1) is 5.56 Å². The first-order chi connectivity index (χ1) is 12.2. The summed E-state index contributed by atoms with van der Waals surface area (Å²) in [5, 5.41) is 2.81. The highest BCUT2D eigenvalue weighted by Gasteiger charge is 2.39. The fraction of sp³-hybridized carbons (Fsp3) is 0.556. The van der Waals surface area contributed by atoms with Crippen molar-refractivity contribution >= 4 is 11.9 Å². The number of hydrogen-bond donors (Lipinski definition) is 1. The number of likely N-dealkylation sites (tertiary alicyclic amines) is 1. The highest BCUT2D eigenvalue weighted by molar-refractivity contribution is 5.79. The monoisotopic (exact) mass is 369 g/mol. The molecule has 1 atom stereocenters. The third-order valence-corrected chi connectivity index (χ3v) is 4.82. The number of hydrogen-bond acceptors (Lipinski definition) is 2. The van der Waals surface area contributed by atoms with Gasteiger partial charge in [0.2, 0.25) is 5.91 Å². The number of alkyl halides is 3. The molecule has 3 amide bonds. The van der Waals surface area contributed by atoms with E-state index in [0.29, 0.717) is 31.1 Å². The van der Waals surface area contributed by atoms with Gasteiger partial charge in [-0.25, -0.2) is 4.79 Å². The molecule has 1 aromatic carbocycles. The van der Waals surface area contributed by atoms with E-state index >= 15 is 0 Å². The molecule has 0 bridgehead atoms. The van der Waals surface area contributed by atoms with Gasteiger partial charge in [0.15, 0.2) is 0 Å². The first-order valence-corrected chi connectivity index (χ1v) is 8.68. The molecular weight excluding hydrogens is 347 g/mol. The van der Waals surface area contributed by atoms with E-state index in [1.165, 1.54) is 17.0 Å². The molecule has 1 aromatic rings. The summed E-state index contributed by atoms with van der Waals surface area (Å²) in [5.41, 5.74) is -0.0916. The van der Waals surface area contributed by atoms with Gasteiger partial charge >= 0.3 is 12.2 Å². The Morgan fingerprint density at radius 1 is 1.27 bits per heavy atom. The smallest absolute Gasteiger partial charge is 0.339 e. The lowest BCUT2D eigenvalue weighted by atomic mass is 10.1. The molecule has 0 aromatic heterocycles. The van der Waals surface area contributed by atoms with E-state index in [1.54, 1.807) is 7.05 Å². The quantitative estimate of drug-likeness (QED) is 0.868. The number of amides is 3. The van der Waals surface area contributed by atoms with Crippen molar-refractivity contribution in [3.8, 4) is 0 Å². The average molecular weight is 369 g/mol. The van der Waals surface area contributed by atoms with Gasteiger partial charge in [-0.05, 0) is 30.5 Å². The zero-order valence-corrected chi connectivity index (χ0v) is 14.6. The largest absolute Gasteiger partial charge is 0.416 e. The summed E-state index contributed by atoms with van der Waals surface area (Å²) < 4.78 is 37.7. The third kappa shape index (κ3) is 4.47. The van der Waals surface area contributed by atoms with Crippen LogP contribution in [-0.4, -0.2) is 47.9 Å². The first-order valence-electron chi connectivity index (χ1n) is 8.68. The molecule has 1 saturated heterocycles. The minimum absolute atomic E-state index is 0.117. The summed E-state index contributed by atoms with van der Waals surface area (Å²) in [6, 6.07) is 4.86. The molecule has 1 saturated carbocycles. The summed E-state index contributed by atoms with van der Waals surface area (Å²) in [6.45, 7) is 1.32. The second kappa shape index (κ2) is 7.17. The second-order valence-corrected chi connectivity index (χ2v) is 7.08. The fourth-order valence-electron chi connectivity index (χ4n) is 3.20. The Morgan fingerprint density at radius 3 is 2.50 bits per heavy atom. The van der Waals surface area contributed by atoms with Gasteiger partial charge in [0.1, 0.15) is 0 Å². The van der Waals surface area contributed by atoms with Crippen LogP contribution in [-0.2, 0) is 17.5 Å². The number of carbonyl (C=O) groups excluding carboxylic acids is 2. The van der Waals surface area contributed by atoms with Crippen LogP contribution in [0.25, 0.3) is 0 Å². The Hall–Kier alpha value is -2.25. The van der Waals surface area contributed by atoms with Gasteiger partial charge in [0, 0.05) is 45.1 Å². The molecule has 1 heterocycles. The van der Waals surface area contributed by atoms with Gasteiger partial charge in [-0.2, -0.15) is 13.2 Å². The summed E-state index contributed by atoms with van der Waals surface area (Å²) in [6.07, 6.45) is -1.77. The molecule has 26 heavy (non-hydrogen) atoms. The van der Waals surface area contributed by atoms with E-state index in [4.69, 9.17) is 0 Å². The standard InChI is InChI=1S/C18H22F3N3O2/c1-23(10-12-2-4-14(5-3-12)18(19,20)21)17(26)22-9-13-8-16(25)24(11-13)15-6-7-15/h2-5,13,15H,6-11H2,1H3,(H,22,26)/t13-/m0/s1. The Kier molecular flexibility index (Phi) is 5.11. The van der Waals surface area contributed by atoms with Gasteiger partial charge < -0.3 is 15.1 Å². The first kappa shape index (κ1) is 18.5. The van der Waals surface area contributed by atoms with E-state index in [-0.39, 0.29) is 24.4 Å². The number of nitrogens with one attached hydrogen (secondary N) is 1. The van der Waals surface area contributed by atoms with Crippen LogP contribution < -0.4 is 5.32 Å². The maximum atomic E-state index is 12.6. The maximum Gasteiger partial charge on any atom is 0.416 e. The van der Waals surface area contributed by atoms with Gasteiger partial charge in [0.25, 0.3) is 0 Å². The summed E-state index contributed by atoms with van der Waals surface area (Å²) in [7, 11) is 1.59. The fourth-order valence-corrected chi connectivity index (χ4v) is 3.20. The van der Waals surface area contributed by atoms with Gasteiger partial charge in [-0.3, -0.25) is 4.79 Å². The predicted molar refractivity (Wildman–Crippen MR) is 89.2 cm³/mol. The molecule has 1 aliphatic carbocycles. The highest BCUT2D eigenvalue weighted by atomic mass is 19.4. The number of rotatable bonds is 5. The molecule has 142 valence electrons. The number of carbonyl (C=O) groups is 2. The van der Waals surface area contributed by atoms with E-state index < -0.39 is 11.7 Å². The summed E-state index contributed by atoms with van der Waals surface area (Å²) in [5.74, 6) is 0.274. The zero-order valence-electron chi connectivity index (χ0n) is 14.6. The van der Waals surface area contributed by atoms with Crippen LogP contribution in [0.2, 0.25) is 0 Å². The molecule has 0 spiro atoms. The van der Waals surface area contributed by atoms with Crippen LogP contribution in [0.5, 0.6) is 0 Å². The van der Waals surface area contributed by atoms with Crippen LogP contribution in [0.4, 0.5) is 18.0 Å². The minimum atomic E-state index is -4.37. The average Bonchev–Trinajstić information content (AvgIpc) is 3.35. The van der Waals surface area contributed by atoms with E-state index in [2.05, 4.69) is 5.32 Å². The lowest BCUT2D eigenvalue weighted by Crippen LogP contribution is -2.39. The Morgan fingerprint density at radius 2 is 1.92 bits per heavy atom. The molecule has 0 unspecified atom stereocenters. The lowest BCUT2D eigenvalue weighted by Gasteiger charge is -2.20. The highest BCUT2D eigenvalue weighted by Crippen LogP contribution is 2.32. The topological polar surface area (TPSA) is 52.7 Å². The maximum absolute atomic E-state index is 12.6. The van der Waals surface area contributed by atoms with Crippen LogP contribution in [0, 0.1) is 5.92 Å². The van der Waals surface area contributed by atoms with Gasteiger partial charge in [-0.15, -0.1) is 0 Å². The molecule has 3 rings (SSSR count). The third-order valence-electron chi connectivity index (χ3n) is 4.82. The number of urea groups is 1. The molecule has 2 fully saturated rings. The van der Waals surface area contributed by atoms with Crippen molar-refractivity contribution in [2.75, 3.05) is 20.1 Å². The van der Waals surface area contributed by atoms with Crippen LogP contribution in [0.15, 0.2) is 24.3 Å². The van der Waals surface area contributed by atoms with E-state index in [0.717, 1.165) is 25.0 Å². The molecule has 8 heteroatoms. The van der Waals surface area contributed by atoms with E-state index in [1.807, 2.05) is 4.90 Å². The number of benzene rings is 1. The van der Waals surface area contributed by atoms with Crippen molar-refractivity contribution in [2.45, 2.75) is 38.0 Å². The molecule has 2 aliphatic rings. The molecule has 5 nitrogen and oxygen atoms in total. The van der Waals surface area contributed by atoms with Crippen molar-refractivity contribution in [1.82, 2.24) is 15.1 Å². The SMILES string of the molecule is CN(Cc1ccc(C(F)(F)F)cc1)C(=O)NC[C@@H]1CC(=O)N(C2CC2)C1. The Balaban J connectivity index is 1.45. The van der Waals surface area contributed by atoms with Crippen LogP contribution >= 0.6 is 0 Å². The van der Waals surface area contributed by atoms with Crippen molar-refractivity contribution in [3.05, 3.63) is 35.4 Å². The van der Waals surface area contributed by atoms with Crippen molar-refractivity contribution in [2.24, 2.45) is 5.92 Å². The number of nitrogens with zero attached hydrogens (tertiary/aromatic N) is 2. The molecule has 0 radical (unpaired) electrons. The molecule has 1 N–H and O–H groups in total. The Bertz CT molecular complexity index is 671. The minimum Gasteiger partial charge on any atom is -0.339 e. The predicted octanol–water partition coefficient (Wildman–Crippen LogP) is 2.86. The Labute approximate surface area is 150 Å². The molecular formula is C18H22F3N3O2. The van der Waals surface area contributed by atoms with Crippen LogP contribution in [0.1, 0.15) is 30.4 Å². The van der Waals surface area contributed by atoms with Crippen molar-refractivity contribution in [1.29, 1.82) is 0 Å². The lowest BCUT2D eigenvalue weighted by molar-refractivity contribution is -0.137. The van der Waals surface area contributed by atoms with E-state index in [9.17, 15) is 22.8 Å². The normalized spacial score (nSPS) is 20.4. The summed E-state index contributed by atoms with van der Waals surface area (Å²) >= 11 is 0.